The third-order valence-corrected chi connectivity index (χ3v) is 3.60. The van der Waals surface area contributed by atoms with Gasteiger partial charge in [-0.25, -0.2) is 0 Å². The highest BCUT2D eigenvalue weighted by Gasteiger charge is 2.29. The summed E-state index contributed by atoms with van der Waals surface area (Å²) in [5, 5.41) is 8.01. The van der Waals surface area contributed by atoms with Gasteiger partial charge in [0.05, 0.1) is 6.20 Å². The Morgan fingerprint density at radius 1 is 1.58 bits per heavy atom. The summed E-state index contributed by atoms with van der Waals surface area (Å²) in [6.45, 7) is 6.43. The summed E-state index contributed by atoms with van der Waals surface area (Å²) < 4.78 is 1.75. The zero-order chi connectivity index (χ0) is 13.8. The highest BCUT2D eigenvalue weighted by atomic mass is 16.2. The van der Waals surface area contributed by atoms with E-state index in [0.29, 0.717) is 18.2 Å². The second-order valence-corrected chi connectivity index (χ2v) is 5.58. The van der Waals surface area contributed by atoms with Crippen LogP contribution in [0.15, 0.2) is 6.20 Å². The van der Waals surface area contributed by atoms with Crippen LogP contribution in [0.4, 0.5) is 0 Å². The van der Waals surface area contributed by atoms with E-state index < -0.39 is 0 Å². The minimum Gasteiger partial charge on any atom is -0.333 e. The molecule has 2 heterocycles. The van der Waals surface area contributed by atoms with Crippen LogP contribution in [0.2, 0.25) is 0 Å². The van der Waals surface area contributed by atoms with Crippen molar-refractivity contribution in [2.24, 2.45) is 11.7 Å². The number of aromatic nitrogens is 3. The zero-order valence-corrected chi connectivity index (χ0v) is 11.7. The number of hydrogen-bond donors (Lipinski definition) is 1. The highest BCUT2D eigenvalue weighted by Crippen LogP contribution is 2.18. The predicted molar refractivity (Wildman–Crippen MR) is 72.6 cm³/mol. The molecule has 1 atom stereocenters. The second kappa shape index (κ2) is 6.14. The number of carbonyl (C=O) groups is 1. The van der Waals surface area contributed by atoms with Crippen molar-refractivity contribution in [1.82, 2.24) is 19.9 Å². The molecule has 1 saturated heterocycles. The van der Waals surface area contributed by atoms with Crippen molar-refractivity contribution in [3.8, 4) is 0 Å². The molecule has 2 rings (SSSR count). The summed E-state index contributed by atoms with van der Waals surface area (Å²) >= 11 is 0. The van der Waals surface area contributed by atoms with Gasteiger partial charge in [-0.3, -0.25) is 9.48 Å². The van der Waals surface area contributed by atoms with Gasteiger partial charge in [0.15, 0.2) is 5.69 Å². The summed E-state index contributed by atoms with van der Waals surface area (Å²) in [5.41, 5.74) is 6.13. The zero-order valence-electron chi connectivity index (χ0n) is 11.7. The van der Waals surface area contributed by atoms with Crippen LogP contribution in [0.1, 0.15) is 43.6 Å². The summed E-state index contributed by atoms with van der Waals surface area (Å²) in [6.07, 6.45) is 4.79. The monoisotopic (exact) mass is 265 g/mol. The van der Waals surface area contributed by atoms with Crippen molar-refractivity contribution in [2.75, 3.05) is 13.1 Å². The van der Waals surface area contributed by atoms with E-state index in [-0.39, 0.29) is 11.9 Å². The molecule has 0 aliphatic carbocycles. The van der Waals surface area contributed by atoms with E-state index in [1.54, 1.807) is 10.9 Å². The number of rotatable bonds is 5. The van der Waals surface area contributed by atoms with Crippen LogP contribution in [0.3, 0.4) is 0 Å². The molecule has 1 aromatic rings. The first-order valence-electron chi connectivity index (χ1n) is 7.03. The quantitative estimate of drug-likeness (QED) is 0.857. The van der Waals surface area contributed by atoms with Gasteiger partial charge >= 0.3 is 0 Å². The Kier molecular flexibility index (Phi) is 4.52. The Morgan fingerprint density at radius 3 is 3.05 bits per heavy atom. The van der Waals surface area contributed by atoms with E-state index in [1.165, 1.54) is 0 Å². The number of hydrogen-bond acceptors (Lipinski definition) is 4. The Balaban J connectivity index is 1.99. The summed E-state index contributed by atoms with van der Waals surface area (Å²) in [6, 6.07) is 0.160. The lowest BCUT2D eigenvalue weighted by Crippen LogP contribution is -2.40. The van der Waals surface area contributed by atoms with Crippen molar-refractivity contribution >= 4 is 5.91 Å². The molecule has 1 aliphatic heterocycles. The lowest BCUT2D eigenvalue weighted by molar-refractivity contribution is 0.0735. The number of nitrogens with two attached hydrogens (primary N) is 1. The van der Waals surface area contributed by atoms with Gasteiger partial charge in [-0.05, 0) is 25.2 Å². The molecule has 1 fully saturated rings. The number of likely N-dealkylation sites (tertiary alicyclic amines) is 1. The van der Waals surface area contributed by atoms with E-state index in [4.69, 9.17) is 5.73 Å². The topological polar surface area (TPSA) is 77.0 Å². The smallest absolute Gasteiger partial charge is 0.276 e. The maximum absolute atomic E-state index is 12.3. The van der Waals surface area contributed by atoms with Crippen LogP contribution < -0.4 is 5.73 Å². The normalized spacial score (nSPS) is 19.4. The van der Waals surface area contributed by atoms with Gasteiger partial charge in [-0.1, -0.05) is 19.1 Å². The molecular formula is C13H23N5O. The number of amides is 1. The Bertz CT molecular complexity index is 428. The van der Waals surface area contributed by atoms with Crippen molar-refractivity contribution in [3.05, 3.63) is 11.9 Å². The van der Waals surface area contributed by atoms with E-state index >= 15 is 0 Å². The Hall–Kier alpha value is -1.43. The van der Waals surface area contributed by atoms with Gasteiger partial charge in [0.25, 0.3) is 5.91 Å². The van der Waals surface area contributed by atoms with Gasteiger partial charge in [0.2, 0.25) is 0 Å². The van der Waals surface area contributed by atoms with Crippen LogP contribution in [0.5, 0.6) is 0 Å². The molecule has 1 aromatic heterocycles. The van der Waals surface area contributed by atoms with Gasteiger partial charge in [0, 0.05) is 25.7 Å². The molecular weight excluding hydrogens is 242 g/mol. The molecule has 1 aliphatic rings. The molecule has 1 unspecified atom stereocenters. The molecule has 2 N–H and O–H groups in total. The molecule has 19 heavy (non-hydrogen) atoms. The Labute approximate surface area is 113 Å². The number of aryl methyl sites for hydroxylation is 1. The minimum absolute atomic E-state index is 0.0382. The first kappa shape index (κ1) is 14.0. The molecule has 0 bridgehead atoms. The lowest BCUT2D eigenvalue weighted by atomic mass is 10.1. The lowest BCUT2D eigenvalue weighted by Gasteiger charge is -2.22. The number of carbonyl (C=O) groups excluding carboxylic acids is 1. The first-order chi connectivity index (χ1) is 9.11. The fraction of sp³-hybridized carbons (Fsp3) is 0.769. The van der Waals surface area contributed by atoms with Crippen molar-refractivity contribution in [1.29, 1.82) is 0 Å². The van der Waals surface area contributed by atoms with E-state index in [9.17, 15) is 4.79 Å². The molecule has 106 valence electrons. The van der Waals surface area contributed by atoms with E-state index in [1.807, 2.05) is 4.90 Å². The largest absolute Gasteiger partial charge is 0.333 e. The molecule has 6 nitrogen and oxygen atoms in total. The fourth-order valence-corrected chi connectivity index (χ4v) is 2.39. The molecule has 1 amide bonds. The van der Waals surface area contributed by atoms with E-state index in [0.717, 1.165) is 32.4 Å². The van der Waals surface area contributed by atoms with Crippen LogP contribution in [0, 0.1) is 5.92 Å². The molecule has 0 saturated carbocycles. The maximum Gasteiger partial charge on any atom is 0.276 e. The SMILES string of the molecule is CC(C)CCn1cc(C(=O)N2CCCC2CN)nn1. The van der Waals surface area contributed by atoms with Crippen LogP contribution in [0.25, 0.3) is 0 Å². The summed E-state index contributed by atoms with van der Waals surface area (Å²) in [5.74, 6) is 0.576. The Morgan fingerprint density at radius 2 is 2.37 bits per heavy atom. The maximum atomic E-state index is 12.3. The standard InChI is InChI=1S/C13H23N5O/c1-10(2)5-7-17-9-12(15-16-17)13(19)18-6-3-4-11(18)8-14/h9-11H,3-8,14H2,1-2H3. The third kappa shape index (κ3) is 3.32. The average Bonchev–Trinajstić information content (AvgIpc) is 3.04. The predicted octanol–water partition coefficient (Wildman–Crippen LogP) is 0.888. The molecule has 0 aromatic carbocycles. The first-order valence-corrected chi connectivity index (χ1v) is 7.03. The fourth-order valence-electron chi connectivity index (χ4n) is 2.39. The van der Waals surface area contributed by atoms with Crippen LogP contribution in [-0.4, -0.2) is 44.9 Å². The molecule has 6 heteroatoms. The van der Waals surface area contributed by atoms with Crippen LogP contribution >= 0.6 is 0 Å². The summed E-state index contributed by atoms with van der Waals surface area (Å²) in [4.78, 5) is 14.2. The van der Waals surface area contributed by atoms with Gasteiger partial charge in [-0.15, -0.1) is 5.10 Å². The van der Waals surface area contributed by atoms with E-state index in [2.05, 4.69) is 24.2 Å². The van der Waals surface area contributed by atoms with Gasteiger partial charge in [-0.2, -0.15) is 0 Å². The number of nitrogens with zero attached hydrogens (tertiary/aromatic N) is 4. The minimum atomic E-state index is -0.0382. The van der Waals surface area contributed by atoms with Crippen molar-refractivity contribution < 1.29 is 4.79 Å². The van der Waals surface area contributed by atoms with Crippen molar-refractivity contribution in [3.63, 3.8) is 0 Å². The van der Waals surface area contributed by atoms with Crippen molar-refractivity contribution in [2.45, 2.75) is 45.7 Å². The third-order valence-electron chi connectivity index (χ3n) is 3.60. The highest BCUT2D eigenvalue weighted by molar-refractivity contribution is 5.92. The average molecular weight is 265 g/mol. The van der Waals surface area contributed by atoms with Gasteiger partial charge < -0.3 is 10.6 Å². The summed E-state index contributed by atoms with van der Waals surface area (Å²) in [7, 11) is 0. The second-order valence-electron chi connectivity index (χ2n) is 5.58. The van der Waals surface area contributed by atoms with Gasteiger partial charge in [0.1, 0.15) is 0 Å². The molecule has 0 radical (unpaired) electrons. The van der Waals surface area contributed by atoms with Crippen LogP contribution in [-0.2, 0) is 6.54 Å². The molecule has 0 spiro atoms.